The van der Waals surface area contributed by atoms with Gasteiger partial charge in [-0.15, -0.1) is 0 Å². The van der Waals surface area contributed by atoms with Crippen LogP contribution in [0.4, 0.5) is 0 Å². The number of hydrogen-bond acceptors (Lipinski definition) is 4. The zero-order valence-corrected chi connectivity index (χ0v) is 9.85. The van der Waals surface area contributed by atoms with Gasteiger partial charge < -0.3 is 20.0 Å². The number of benzene rings is 1. The Labute approximate surface area is 100.0 Å². The lowest BCUT2D eigenvalue weighted by atomic mass is 10.0. The summed E-state index contributed by atoms with van der Waals surface area (Å²) >= 11 is 0. The van der Waals surface area contributed by atoms with E-state index in [9.17, 15) is 5.11 Å². The van der Waals surface area contributed by atoms with E-state index in [0.717, 1.165) is 23.0 Å². The molecule has 0 aliphatic heterocycles. The second-order valence-electron chi connectivity index (χ2n) is 3.97. The second-order valence-corrected chi connectivity index (χ2v) is 3.97. The van der Waals surface area contributed by atoms with E-state index < -0.39 is 6.10 Å². The third-order valence-corrected chi connectivity index (χ3v) is 2.86. The summed E-state index contributed by atoms with van der Waals surface area (Å²) in [4.78, 5) is 0. The van der Waals surface area contributed by atoms with Crippen molar-refractivity contribution in [2.75, 3.05) is 13.7 Å². The van der Waals surface area contributed by atoms with Crippen molar-refractivity contribution < 1.29 is 14.3 Å². The minimum Gasteiger partial charge on any atom is -0.496 e. The number of fused-ring (bicyclic) bond motifs is 1. The molecule has 2 aromatic rings. The van der Waals surface area contributed by atoms with Crippen LogP contribution in [0.1, 0.15) is 24.5 Å². The molecule has 1 aromatic carbocycles. The van der Waals surface area contributed by atoms with E-state index in [-0.39, 0.29) is 0 Å². The maximum Gasteiger partial charge on any atom is 0.137 e. The molecule has 3 N–H and O–H groups in total. The van der Waals surface area contributed by atoms with Crippen molar-refractivity contribution >= 4 is 11.0 Å². The van der Waals surface area contributed by atoms with E-state index in [2.05, 4.69) is 0 Å². The highest BCUT2D eigenvalue weighted by Gasteiger charge is 2.16. The van der Waals surface area contributed by atoms with Gasteiger partial charge in [0.1, 0.15) is 11.3 Å². The van der Waals surface area contributed by atoms with Crippen LogP contribution in [0.15, 0.2) is 28.9 Å². The summed E-state index contributed by atoms with van der Waals surface area (Å²) in [6.07, 6.45) is 2.49. The standard InChI is InChI=1S/C13H17NO3/c1-16-13-9(11(15)3-2-7-14)4-5-12-10(13)6-8-17-12/h4-6,8,11,15H,2-3,7,14H2,1H3. The van der Waals surface area contributed by atoms with Crippen LogP contribution in [0.25, 0.3) is 11.0 Å². The first kappa shape index (κ1) is 12.0. The number of rotatable bonds is 5. The average Bonchev–Trinajstić information content (AvgIpc) is 2.82. The summed E-state index contributed by atoms with van der Waals surface area (Å²) in [5.41, 5.74) is 6.99. The van der Waals surface area contributed by atoms with Gasteiger partial charge in [0, 0.05) is 5.56 Å². The molecule has 0 bridgehead atoms. The number of nitrogens with two attached hydrogens (primary N) is 1. The highest BCUT2D eigenvalue weighted by molar-refractivity contribution is 5.85. The fraction of sp³-hybridized carbons (Fsp3) is 0.385. The van der Waals surface area contributed by atoms with Crippen LogP contribution in [0.5, 0.6) is 5.75 Å². The van der Waals surface area contributed by atoms with Gasteiger partial charge >= 0.3 is 0 Å². The third-order valence-electron chi connectivity index (χ3n) is 2.86. The first-order valence-corrected chi connectivity index (χ1v) is 5.70. The van der Waals surface area contributed by atoms with Crippen LogP contribution in [0.3, 0.4) is 0 Å². The quantitative estimate of drug-likeness (QED) is 0.833. The minimum atomic E-state index is -0.548. The topological polar surface area (TPSA) is 68.6 Å². The van der Waals surface area contributed by atoms with E-state index in [4.69, 9.17) is 14.9 Å². The van der Waals surface area contributed by atoms with Crippen LogP contribution in [0, 0.1) is 0 Å². The summed E-state index contributed by atoms with van der Waals surface area (Å²) in [5, 5.41) is 11.0. The van der Waals surface area contributed by atoms with Gasteiger partial charge in [0.2, 0.25) is 0 Å². The van der Waals surface area contributed by atoms with E-state index in [0.29, 0.717) is 18.7 Å². The van der Waals surface area contributed by atoms with Gasteiger partial charge in [0.25, 0.3) is 0 Å². The molecule has 4 nitrogen and oxygen atoms in total. The lowest BCUT2D eigenvalue weighted by Gasteiger charge is -2.14. The fourth-order valence-electron chi connectivity index (χ4n) is 1.99. The van der Waals surface area contributed by atoms with Crippen LogP contribution in [-0.2, 0) is 0 Å². The Morgan fingerprint density at radius 1 is 1.41 bits per heavy atom. The lowest BCUT2D eigenvalue weighted by Crippen LogP contribution is -2.05. The Balaban J connectivity index is 2.38. The Morgan fingerprint density at radius 2 is 2.24 bits per heavy atom. The Hall–Kier alpha value is -1.52. The smallest absolute Gasteiger partial charge is 0.137 e. The molecule has 2 rings (SSSR count). The molecule has 0 aliphatic carbocycles. The van der Waals surface area contributed by atoms with Gasteiger partial charge in [-0.2, -0.15) is 0 Å². The number of aliphatic hydroxyl groups excluding tert-OH is 1. The molecular weight excluding hydrogens is 218 g/mol. The number of furan rings is 1. The summed E-state index contributed by atoms with van der Waals surface area (Å²) in [5.74, 6) is 0.681. The lowest BCUT2D eigenvalue weighted by molar-refractivity contribution is 0.161. The van der Waals surface area contributed by atoms with Gasteiger partial charge in [-0.25, -0.2) is 0 Å². The summed E-state index contributed by atoms with van der Waals surface area (Å²) in [6, 6.07) is 5.53. The molecule has 92 valence electrons. The summed E-state index contributed by atoms with van der Waals surface area (Å²) < 4.78 is 10.7. The predicted molar refractivity (Wildman–Crippen MR) is 66.0 cm³/mol. The van der Waals surface area contributed by atoms with Gasteiger partial charge in [0.05, 0.1) is 24.9 Å². The molecule has 4 heteroatoms. The molecule has 17 heavy (non-hydrogen) atoms. The van der Waals surface area contributed by atoms with E-state index in [1.54, 1.807) is 13.4 Å². The van der Waals surface area contributed by atoms with Crippen molar-refractivity contribution in [1.82, 2.24) is 0 Å². The zero-order valence-electron chi connectivity index (χ0n) is 9.85. The number of aliphatic hydroxyl groups is 1. The molecule has 0 saturated heterocycles. The second kappa shape index (κ2) is 5.21. The predicted octanol–water partition coefficient (Wildman–Crippen LogP) is 2.21. The largest absolute Gasteiger partial charge is 0.496 e. The molecule has 0 saturated carbocycles. The SMILES string of the molecule is COc1c(C(O)CCCN)ccc2occc12. The zero-order chi connectivity index (χ0) is 12.3. The summed E-state index contributed by atoms with van der Waals surface area (Å²) in [7, 11) is 1.60. The van der Waals surface area contributed by atoms with E-state index in [1.165, 1.54) is 0 Å². The molecule has 0 aliphatic rings. The molecule has 0 fully saturated rings. The Kier molecular flexibility index (Phi) is 3.66. The highest BCUT2D eigenvalue weighted by Crippen LogP contribution is 2.35. The van der Waals surface area contributed by atoms with Crippen molar-refractivity contribution in [2.24, 2.45) is 5.73 Å². The summed E-state index contributed by atoms with van der Waals surface area (Å²) in [6.45, 7) is 0.577. The number of ether oxygens (including phenoxy) is 1. The van der Waals surface area contributed by atoms with Crippen LogP contribution in [-0.4, -0.2) is 18.8 Å². The Morgan fingerprint density at radius 3 is 2.94 bits per heavy atom. The maximum absolute atomic E-state index is 10.1. The minimum absolute atomic E-state index is 0.548. The van der Waals surface area contributed by atoms with Crippen LogP contribution in [0.2, 0.25) is 0 Å². The average molecular weight is 235 g/mol. The Bertz CT molecular complexity index is 492. The van der Waals surface area contributed by atoms with E-state index >= 15 is 0 Å². The molecule has 0 spiro atoms. The third kappa shape index (κ3) is 2.28. The molecule has 1 atom stereocenters. The molecule has 0 amide bonds. The van der Waals surface area contributed by atoms with Crippen molar-refractivity contribution in [2.45, 2.75) is 18.9 Å². The number of hydrogen-bond donors (Lipinski definition) is 2. The number of methoxy groups -OCH3 is 1. The normalized spacial score (nSPS) is 12.9. The van der Waals surface area contributed by atoms with Gasteiger partial charge in [-0.1, -0.05) is 0 Å². The maximum atomic E-state index is 10.1. The van der Waals surface area contributed by atoms with Crippen molar-refractivity contribution in [1.29, 1.82) is 0 Å². The molecular formula is C13H17NO3. The highest BCUT2D eigenvalue weighted by atomic mass is 16.5. The molecule has 1 unspecified atom stereocenters. The van der Waals surface area contributed by atoms with E-state index in [1.807, 2.05) is 18.2 Å². The van der Waals surface area contributed by atoms with Gasteiger partial charge in [-0.3, -0.25) is 0 Å². The molecule has 1 heterocycles. The van der Waals surface area contributed by atoms with Crippen molar-refractivity contribution in [3.8, 4) is 5.75 Å². The van der Waals surface area contributed by atoms with Gasteiger partial charge in [-0.05, 0) is 37.6 Å². The molecule has 0 radical (unpaired) electrons. The van der Waals surface area contributed by atoms with Crippen molar-refractivity contribution in [3.05, 3.63) is 30.0 Å². The molecule has 1 aromatic heterocycles. The van der Waals surface area contributed by atoms with Crippen LogP contribution < -0.4 is 10.5 Å². The first-order valence-electron chi connectivity index (χ1n) is 5.70. The van der Waals surface area contributed by atoms with Gasteiger partial charge in [0.15, 0.2) is 0 Å². The van der Waals surface area contributed by atoms with Crippen molar-refractivity contribution in [3.63, 3.8) is 0 Å². The first-order chi connectivity index (χ1) is 8.27. The fourth-order valence-corrected chi connectivity index (χ4v) is 1.99. The monoisotopic (exact) mass is 235 g/mol. The van der Waals surface area contributed by atoms with Crippen LogP contribution >= 0.6 is 0 Å².